The maximum Gasteiger partial charge on any atom is 0.337 e. The fraction of sp³-hybridized carbons (Fsp3) is 0.400. The van der Waals surface area contributed by atoms with Crippen molar-refractivity contribution in [2.45, 2.75) is 25.8 Å². The van der Waals surface area contributed by atoms with Crippen LogP contribution >= 0.6 is 0 Å². The average Bonchev–Trinajstić information content (AvgIpc) is 2.18. The number of carboxylic acids is 1. The number of rotatable bonds is 4. The number of carboxylic acid groups (broad SMARTS) is 1. The second-order valence-corrected chi connectivity index (χ2v) is 3.17. The van der Waals surface area contributed by atoms with Crippen molar-refractivity contribution in [1.29, 1.82) is 0 Å². The predicted molar refractivity (Wildman–Crippen MR) is 53.0 cm³/mol. The molecule has 4 heteroatoms. The summed E-state index contributed by atoms with van der Waals surface area (Å²) in [7, 11) is 0. The van der Waals surface area contributed by atoms with E-state index in [0.717, 1.165) is 18.5 Å². The zero-order valence-electron chi connectivity index (χ0n) is 8.10. The molecule has 1 aromatic heterocycles. The van der Waals surface area contributed by atoms with Crippen LogP contribution in [0.15, 0.2) is 18.3 Å². The maximum atomic E-state index is 10.5. The van der Waals surface area contributed by atoms with Gasteiger partial charge in [-0.2, -0.15) is 0 Å². The molecule has 0 radical (unpaired) electrons. The van der Waals surface area contributed by atoms with Crippen LogP contribution in [0, 0.1) is 0 Å². The third-order valence-corrected chi connectivity index (χ3v) is 2.01. The molecule has 1 aromatic rings. The lowest BCUT2D eigenvalue weighted by atomic mass is 10.1. The SMILES string of the molecule is CCC[C@@H](N)c1ccc(C(=O)O)cn1. The Kier molecular flexibility index (Phi) is 3.59. The highest BCUT2D eigenvalue weighted by Crippen LogP contribution is 2.13. The molecule has 0 saturated carbocycles. The third-order valence-electron chi connectivity index (χ3n) is 2.01. The van der Waals surface area contributed by atoms with Gasteiger partial charge in [-0.1, -0.05) is 13.3 Å². The first-order valence-electron chi connectivity index (χ1n) is 4.60. The standard InChI is InChI=1S/C10H14N2O2/c1-2-3-8(11)9-5-4-7(6-12-9)10(13)14/h4-6,8H,2-3,11H2,1H3,(H,13,14)/t8-/m1/s1. The molecule has 0 spiro atoms. The van der Waals surface area contributed by atoms with Crippen LogP contribution in [0.25, 0.3) is 0 Å². The molecule has 0 amide bonds. The molecule has 0 aliphatic rings. The lowest BCUT2D eigenvalue weighted by Gasteiger charge is -2.08. The number of pyridine rings is 1. The van der Waals surface area contributed by atoms with Gasteiger partial charge in [-0.05, 0) is 18.6 Å². The Morgan fingerprint density at radius 1 is 1.64 bits per heavy atom. The van der Waals surface area contributed by atoms with Gasteiger partial charge in [0, 0.05) is 12.2 Å². The minimum atomic E-state index is -0.965. The topological polar surface area (TPSA) is 76.2 Å². The molecule has 0 aliphatic carbocycles. The molecular weight excluding hydrogens is 180 g/mol. The molecule has 3 N–H and O–H groups in total. The first-order valence-corrected chi connectivity index (χ1v) is 4.60. The largest absolute Gasteiger partial charge is 0.478 e. The first kappa shape index (κ1) is 10.7. The molecule has 1 heterocycles. The van der Waals surface area contributed by atoms with Crippen molar-refractivity contribution in [3.05, 3.63) is 29.6 Å². The molecule has 1 atom stereocenters. The van der Waals surface area contributed by atoms with E-state index in [9.17, 15) is 4.79 Å². The Balaban J connectivity index is 2.77. The van der Waals surface area contributed by atoms with Crippen LogP contribution in [0.3, 0.4) is 0 Å². The number of nitrogens with zero attached hydrogens (tertiary/aromatic N) is 1. The van der Waals surface area contributed by atoms with Gasteiger partial charge in [0.2, 0.25) is 0 Å². The van der Waals surface area contributed by atoms with E-state index in [-0.39, 0.29) is 11.6 Å². The quantitative estimate of drug-likeness (QED) is 0.762. The van der Waals surface area contributed by atoms with Crippen LogP contribution in [0.1, 0.15) is 41.9 Å². The van der Waals surface area contributed by atoms with E-state index in [1.165, 1.54) is 12.3 Å². The molecular formula is C10H14N2O2. The lowest BCUT2D eigenvalue weighted by molar-refractivity contribution is 0.0696. The van der Waals surface area contributed by atoms with Gasteiger partial charge in [-0.15, -0.1) is 0 Å². The lowest BCUT2D eigenvalue weighted by Crippen LogP contribution is -2.12. The summed E-state index contributed by atoms with van der Waals surface area (Å²) < 4.78 is 0. The van der Waals surface area contributed by atoms with Gasteiger partial charge >= 0.3 is 5.97 Å². The number of aromatic carboxylic acids is 1. The summed E-state index contributed by atoms with van der Waals surface area (Å²) in [5.74, 6) is -0.965. The Morgan fingerprint density at radius 3 is 2.79 bits per heavy atom. The zero-order valence-corrected chi connectivity index (χ0v) is 8.10. The summed E-state index contributed by atoms with van der Waals surface area (Å²) in [5.41, 5.74) is 6.76. The monoisotopic (exact) mass is 194 g/mol. The minimum absolute atomic E-state index is 0.0946. The predicted octanol–water partition coefficient (Wildman–Crippen LogP) is 1.58. The van der Waals surface area contributed by atoms with Crippen molar-refractivity contribution in [3.63, 3.8) is 0 Å². The normalized spacial score (nSPS) is 12.4. The number of nitrogens with two attached hydrogens (primary N) is 1. The van der Waals surface area contributed by atoms with Gasteiger partial charge in [0.15, 0.2) is 0 Å². The second kappa shape index (κ2) is 4.72. The van der Waals surface area contributed by atoms with Crippen molar-refractivity contribution in [2.75, 3.05) is 0 Å². The first-order chi connectivity index (χ1) is 6.65. The molecule has 14 heavy (non-hydrogen) atoms. The van der Waals surface area contributed by atoms with Gasteiger partial charge in [-0.3, -0.25) is 4.98 Å². The molecule has 1 rings (SSSR count). The Labute approximate surface area is 82.8 Å². The number of hydrogen-bond acceptors (Lipinski definition) is 3. The molecule has 0 aliphatic heterocycles. The highest BCUT2D eigenvalue weighted by molar-refractivity contribution is 5.87. The van der Waals surface area contributed by atoms with E-state index in [2.05, 4.69) is 4.98 Å². The number of carbonyl (C=O) groups is 1. The van der Waals surface area contributed by atoms with E-state index in [4.69, 9.17) is 10.8 Å². The van der Waals surface area contributed by atoms with Crippen LogP contribution in [-0.4, -0.2) is 16.1 Å². The van der Waals surface area contributed by atoms with Crippen LogP contribution < -0.4 is 5.73 Å². The Hall–Kier alpha value is -1.42. The van der Waals surface area contributed by atoms with E-state index in [0.29, 0.717) is 0 Å². The Morgan fingerprint density at radius 2 is 2.36 bits per heavy atom. The van der Waals surface area contributed by atoms with Gasteiger partial charge in [0.25, 0.3) is 0 Å². The van der Waals surface area contributed by atoms with Gasteiger partial charge in [0.1, 0.15) is 0 Å². The molecule has 0 aromatic carbocycles. The Bertz CT molecular complexity index is 308. The highest BCUT2D eigenvalue weighted by Gasteiger charge is 2.07. The van der Waals surface area contributed by atoms with E-state index >= 15 is 0 Å². The summed E-state index contributed by atoms with van der Waals surface area (Å²) >= 11 is 0. The van der Waals surface area contributed by atoms with Crippen LogP contribution in [-0.2, 0) is 0 Å². The summed E-state index contributed by atoms with van der Waals surface area (Å²) in [6.45, 7) is 2.05. The fourth-order valence-electron chi connectivity index (χ4n) is 1.21. The maximum absolute atomic E-state index is 10.5. The van der Waals surface area contributed by atoms with Gasteiger partial charge < -0.3 is 10.8 Å². The summed E-state index contributed by atoms with van der Waals surface area (Å²) in [4.78, 5) is 14.5. The van der Waals surface area contributed by atoms with Gasteiger partial charge in [-0.25, -0.2) is 4.79 Å². The third kappa shape index (κ3) is 2.53. The minimum Gasteiger partial charge on any atom is -0.478 e. The summed E-state index contributed by atoms with van der Waals surface area (Å²) in [5, 5.41) is 8.65. The van der Waals surface area contributed by atoms with Crippen molar-refractivity contribution in [3.8, 4) is 0 Å². The highest BCUT2D eigenvalue weighted by atomic mass is 16.4. The van der Waals surface area contributed by atoms with E-state index < -0.39 is 5.97 Å². The fourth-order valence-corrected chi connectivity index (χ4v) is 1.21. The molecule has 0 bridgehead atoms. The summed E-state index contributed by atoms with van der Waals surface area (Å²) in [6.07, 6.45) is 3.19. The second-order valence-electron chi connectivity index (χ2n) is 3.17. The van der Waals surface area contributed by atoms with Crippen molar-refractivity contribution in [2.24, 2.45) is 5.73 Å². The van der Waals surface area contributed by atoms with Crippen molar-refractivity contribution in [1.82, 2.24) is 4.98 Å². The number of hydrogen-bond donors (Lipinski definition) is 2. The molecule has 0 fully saturated rings. The summed E-state index contributed by atoms with van der Waals surface area (Å²) in [6, 6.07) is 3.10. The van der Waals surface area contributed by atoms with Crippen LogP contribution in [0.4, 0.5) is 0 Å². The van der Waals surface area contributed by atoms with E-state index in [1.54, 1.807) is 6.07 Å². The molecule has 0 unspecified atom stereocenters. The van der Waals surface area contributed by atoms with Gasteiger partial charge in [0.05, 0.1) is 11.3 Å². The smallest absolute Gasteiger partial charge is 0.337 e. The zero-order chi connectivity index (χ0) is 10.6. The molecule has 0 saturated heterocycles. The van der Waals surface area contributed by atoms with Crippen LogP contribution in [0.5, 0.6) is 0 Å². The molecule has 4 nitrogen and oxygen atoms in total. The van der Waals surface area contributed by atoms with Crippen LogP contribution in [0.2, 0.25) is 0 Å². The van der Waals surface area contributed by atoms with Crippen molar-refractivity contribution < 1.29 is 9.90 Å². The van der Waals surface area contributed by atoms with E-state index in [1.807, 2.05) is 6.92 Å². The van der Waals surface area contributed by atoms with Crippen molar-refractivity contribution >= 4 is 5.97 Å². The molecule has 76 valence electrons. The average molecular weight is 194 g/mol. The number of aromatic nitrogens is 1.